The van der Waals surface area contributed by atoms with Crippen LogP contribution < -0.4 is 5.73 Å². The zero-order chi connectivity index (χ0) is 12.5. The van der Waals surface area contributed by atoms with Crippen molar-refractivity contribution in [2.45, 2.75) is 10.6 Å². The maximum atomic E-state index is 12.1. The lowest BCUT2D eigenvalue weighted by atomic mass is 10.3. The van der Waals surface area contributed by atoms with Gasteiger partial charge in [-0.3, -0.25) is 4.68 Å². The van der Waals surface area contributed by atoms with Crippen molar-refractivity contribution in [2.24, 2.45) is 7.05 Å². The zero-order valence-corrected chi connectivity index (χ0v) is 10.1. The Kier molecular flexibility index (Phi) is 2.84. The molecule has 7 heteroatoms. The van der Waals surface area contributed by atoms with E-state index in [1.165, 1.54) is 23.1 Å². The van der Waals surface area contributed by atoms with Crippen molar-refractivity contribution in [3.05, 3.63) is 36.4 Å². The van der Waals surface area contributed by atoms with Crippen molar-refractivity contribution in [3.63, 3.8) is 0 Å². The highest BCUT2D eigenvalue weighted by molar-refractivity contribution is 7.90. The molecule has 0 radical (unpaired) electrons. The Labute approximate surface area is 99.0 Å². The highest BCUT2D eigenvalue weighted by atomic mass is 32.2. The van der Waals surface area contributed by atoms with Crippen molar-refractivity contribution in [1.29, 1.82) is 0 Å². The topological polar surface area (TPSA) is 90.9 Å². The molecule has 0 atom stereocenters. The molecule has 0 aliphatic carbocycles. The van der Waals surface area contributed by atoms with E-state index in [4.69, 9.17) is 5.73 Å². The molecule has 0 aliphatic heterocycles. The van der Waals surface area contributed by atoms with Crippen molar-refractivity contribution in [1.82, 2.24) is 14.8 Å². The largest absolute Gasteiger partial charge is 0.399 e. The molecule has 1 aromatic heterocycles. The second-order valence-electron chi connectivity index (χ2n) is 3.63. The molecule has 0 aliphatic rings. The normalized spacial score (nSPS) is 11.6. The second-order valence-corrected chi connectivity index (χ2v) is 5.62. The van der Waals surface area contributed by atoms with Gasteiger partial charge in [-0.1, -0.05) is 6.07 Å². The molecule has 17 heavy (non-hydrogen) atoms. The minimum absolute atomic E-state index is 0.188. The Balaban J connectivity index is 2.35. The quantitative estimate of drug-likeness (QED) is 0.797. The van der Waals surface area contributed by atoms with Gasteiger partial charge in [0.15, 0.2) is 9.84 Å². The third kappa shape index (κ3) is 2.44. The first-order valence-electron chi connectivity index (χ1n) is 4.90. The van der Waals surface area contributed by atoms with E-state index in [1.54, 1.807) is 19.2 Å². The molecule has 0 bridgehead atoms. The van der Waals surface area contributed by atoms with Crippen molar-refractivity contribution in [2.75, 3.05) is 5.73 Å². The van der Waals surface area contributed by atoms with E-state index >= 15 is 0 Å². The van der Waals surface area contributed by atoms with E-state index < -0.39 is 9.84 Å². The van der Waals surface area contributed by atoms with Crippen LogP contribution in [-0.4, -0.2) is 23.2 Å². The first-order valence-corrected chi connectivity index (χ1v) is 6.55. The van der Waals surface area contributed by atoms with Crippen LogP contribution in [0.15, 0.2) is 35.5 Å². The molecular weight excluding hydrogens is 240 g/mol. The molecule has 2 aromatic rings. The summed E-state index contributed by atoms with van der Waals surface area (Å²) in [6, 6.07) is 6.20. The summed E-state index contributed by atoms with van der Waals surface area (Å²) < 4.78 is 25.6. The van der Waals surface area contributed by atoms with Gasteiger partial charge in [0, 0.05) is 12.7 Å². The number of aryl methyl sites for hydroxylation is 1. The Bertz CT molecular complexity index is 633. The zero-order valence-electron chi connectivity index (χ0n) is 9.24. The van der Waals surface area contributed by atoms with E-state index in [9.17, 15) is 8.42 Å². The van der Waals surface area contributed by atoms with Crippen LogP contribution in [0, 0.1) is 0 Å². The fourth-order valence-electron chi connectivity index (χ4n) is 1.41. The van der Waals surface area contributed by atoms with Crippen molar-refractivity contribution >= 4 is 15.5 Å². The maximum absolute atomic E-state index is 12.1. The summed E-state index contributed by atoms with van der Waals surface area (Å²) in [5.74, 6) is 0.208. The van der Waals surface area contributed by atoms with Crippen LogP contribution in [0.1, 0.15) is 5.82 Å². The summed E-state index contributed by atoms with van der Waals surface area (Å²) >= 11 is 0. The van der Waals surface area contributed by atoms with Gasteiger partial charge < -0.3 is 5.73 Å². The lowest BCUT2D eigenvalue weighted by molar-refractivity contribution is 0.590. The highest BCUT2D eigenvalue weighted by Gasteiger charge is 2.18. The average Bonchev–Trinajstić information content (AvgIpc) is 2.64. The number of nitrogen functional groups attached to an aromatic ring is 1. The first kappa shape index (κ1) is 11.6. The van der Waals surface area contributed by atoms with Gasteiger partial charge in [-0.15, -0.1) is 0 Å². The summed E-state index contributed by atoms with van der Waals surface area (Å²) in [6.45, 7) is 0. The highest BCUT2D eigenvalue weighted by Crippen LogP contribution is 2.17. The van der Waals surface area contributed by atoms with Crippen molar-refractivity contribution < 1.29 is 8.42 Å². The van der Waals surface area contributed by atoms with Gasteiger partial charge in [0.05, 0.1) is 4.90 Å². The SMILES string of the molecule is Cn1ncnc1CS(=O)(=O)c1cccc(N)c1. The van der Waals surface area contributed by atoms with Gasteiger partial charge in [0.25, 0.3) is 0 Å². The fraction of sp³-hybridized carbons (Fsp3) is 0.200. The number of anilines is 1. The molecule has 0 unspecified atom stereocenters. The number of sulfone groups is 1. The molecule has 0 amide bonds. The van der Waals surface area contributed by atoms with E-state index in [0.717, 1.165) is 0 Å². The number of benzene rings is 1. The standard InChI is InChI=1S/C10H12N4O2S/c1-14-10(12-7-13-14)6-17(15,16)9-4-2-3-8(11)5-9/h2-5,7H,6,11H2,1H3. The minimum atomic E-state index is -3.43. The number of hydrogen-bond donors (Lipinski definition) is 1. The monoisotopic (exact) mass is 252 g/mol. The Hall–Kier alpha value is -1.89. The molecule has 0 saturated heterocycles. The van der Waals surface area contributed by atoms with E-state index in [-0.39, 0.29) is 10.6 Å². The summed E-state index contributed by atoms with van der Waals surface area (Å²) in [5.41, 5.74) is 5.98. The van der Waals surface area contributed by atoms with Crippen LogP contribution >= 0.6 is 0 Å². The van der Waals surface area contributed by atoms with Crippen LogP contribution in [0.4, 0.5) is 5.69 Å². The molecular formula is C10H12N4O2S. The van der Waals surface area contributed by atoms with Gasteiger partial charge in [-0.25, -0.2) is 13.4 Å². The molecule has 0 saturated carbocycles. The second kappa shape index (κ2) is 4.17. The third-order valence-electron chi connectivity index (χ3n) is 2.34. The van der Waals surface area contributed by atoms with Gasteiger partial charge in [-0.2, -0.15) is 5.10 Å². The predicted molar refractivity (Wildman–Crippen MR) is 62.7 cm³/mol. The molecule has 1 heterocycles. The number of rotatable bonds is 3. The smallest absolute Gasteiger partial charge is 0.185 e. The Morgan fingerprint density at radius 3 is 2.76 bits per heavy atom. The van der Waals surface area contributed by atoms with Crippen LogP contribution in [-0.2, 0) is 22.6 Å². The van der Waals surface area contributed by atoms with Crippen molar-refractivity contribution in [3.8, 4) is 0 Å². The van der Waals surface area contributed by atoms with E-state index in [0.29, 0.717) is 11.5 Å². The molecule has 2 rings (SSSR count). The van der Waals surface area contributed by atoms with Crippen LogP contribution in [0.25, 0.3) is 0 Å². The summed E-state index contributed by atoms with van der Waals surface area (Å²) in [5, 5.41) is 3.83. The predicted octanol–water partition coefficient (Wildman–Crippen LogP) is 0.371. The summed E-state index contributed by atoms with van der Waals surface area (Å²) in [4.78, 5) is 4.09. The molecule has 1 aromatic carbocycles. The number of aromatic nitrogens is 3. The number of nitrogens with zero attached hydrogens (tertiary/aromatic N) is 3. The Morgan fingerprint density at radius 1 is 1.41 bits per heavy atom. The van der Waals surface area contributed by atoms with Crippen LogP contribution in [0.3, 0.4) is 0 Å². The van der Waals surface area contributed by atoms with Gasteiger partial charge >= 0.3 is 0 Å². The van der Waals surface area contributed by atoms with Gasteiger partial charge in [-0.05, 0) is 18.2 Å². The molecule has 0 fully saturated rings. The average molecular weight is 252 g/mol. The van der Waals surface area contributed by atoms with Crippen LogP contribution in [0.5, 0.6) is 0 Å². The summed E-state index contributed by atoms with van der Waals surface area (Å²) in [7, 11) is -1.78. The van der Waals surface area contributed by atoms with E-state index in [2.05, 4.69) is 10.1 Å². The van der Waals surface area contributed by atoms with E-state index in [1.807, 2.05) is 0 Å². The number of hydrogen-bond acceptors (Lipinski definition) is 5. The molecule has 2 N–H and O–H groups in total. The van der Waals surface area contributed by atoms with Gasteiger partial charge in [0.1, 0.15) is 17.9 Å². The number of nitrogens with two attached hydrogens (primary N) is 1. The molecule has 0 spiro atoms. The Morgan fingerprint density at radius 2 is 2.18 bits per heavy atom. The third-order valence-corrected chi connectivity index (χ3v) is 3.95. The van der Waals surface area contributed by atoms with Gasteiger partial charge in [0.2, 0.25) is 0 Å². The summed E-state index contributed by atoms with van der Waals surface area (Å²) in [6.07, 6.45) is 1.32. The maximum Gasteiger partial charge on any atom is 0.185 e. The lowest BCUT2D eigenvalue weighted by Gasteiger charge is -2.04. The fourth-order valence-corrected chi connectivity index (χ4v) is 2.78. The minimum Gasteiger partial charge on any atom is -0.399 e. The first-order chi connectivity index (χ1) is 7.99. The van der Waals surface area contributed by atoms with Crippen LogP contribution in [0.2, 0.25) is 0 Å². The molecule has 6 nitrogen and oxygen atoms in total. The lowest BCUT2D eigenvalue weighted by Crippen LogP contribution is -2.10. The molecule has 90 valence electrons.